The lowest BCUT2D eigenvalue weighted by Gasteiger charge is -2.31. The molecule has 1 fully saturated rings. The summed E-state index contributed by atoms with van der Waals surface area (Å²) in [5.41, 5.74) is 12.3. The van der Waals surface area contributed by atoms with Crippen LogP contribution in [0.15, 0.2) is 12.1 Å². The van der Waals surface area contributed by atoms with E-state index >= 15 is 0 Å². The zero-order valence-electron chi connectivity index (χ0n) is 11.5. The Morgan fingerprint density at radius 1 is 1.18 bits per heavy atom. The highest BCUT2D eigenvalue weighted by Gasteiger charge is 2.35. The summed E-state index contributed by atoms with van der Waals surface area (Å²) >= 11 is 0. The smallest absolute Gasteiger partial charge is 0.00783 e. The van der Waals surface area contributed by atoms with Crippen LogP contribution in [0.1, 0.15) is 54.9 Å². The summed E-state index contributed by atoms with van der Waals surface area (Å²) in [5.74, 6) is 0. The van der Waals surface area contributed by atoms with Crippen molar-refractivity contribution in [1.82, 2.24) is 0 Å². The van der Waals surface area contributed by atoms with Gasteiger partial charge in [0, 0.05) is 12.0 Å². The average Bonchev–Trinajstić information content (AvgIpc) is 2.82. The van der Waals surface area contributed by atoms with E-state index in [4.69, 9.17) is 5.73 Å². The van der Waals surface area contributed by atoms with Gasteiger partial charge in [0.25, 0.3) is 0 Å². The van der Waals surface area contributed by atoms with E-state index < -0.39 is 0 Å². The van der Waals surface area contributed by atoms with Gasteiger partial charge in [0.2, 0.25) is 0 Å². The van der Waals surface area contributed by atoms with E-state index in [9.17, 15) is 0 Å². The van der Waals surface area contributed by atoms with Crippen molar-refractivity contribution in [1.29, 1.82) is 0 Å². The summed E-state index contributed by atoms with van der Waals surface area (Å²) in [7, 11) is 0. The number of aryl methyl sites for hydroxylation is 2. The fraction of sp³-hybridized carbons (Fsp3) is 0.625. The number of rotatable bonds is 3. The molecular weight excluding hydrogens is 206 g/mol. The molecule has 2 rings (SSSR count). The summed E-state index contributed by atoms with van der Waals surface area (Å²) in [6.45, 7) is 7.54. The highest BCUT2D eigenvalue weighted by atomic mass is 14.6. The van der Waals surface area contributed by atoms with Crippen LogP contribution in [0.4, 0.5) is 0 Å². The standard InChI is InChI=1S/C16H25N/c1-4-14-9-12(2)13(3)15(10-14)16(11-17)7-5-6-8-16/h9-10H,4-8,11,17H2,1-3H3. The molecule has 0 saturated heterocycles. The topological polar surface area (TPSA) is 26.0 Å². The van der Waals surface area contributed by atoms with Crippen LogP contribution < -0.4 is 5.73 Å². The summed E-state index contributed by atoms with van der Waals surface area (Å²) in [5, 5.41) is 0. The molecule has 1 saturated carbocycles. The number of benzene rings is 1. The molecule has 0 aliphatic heterocycles. The van der Waals surface area contributed by atoms with Crippen molar-refractivity contribution in [2.45, 2.75) is 58.3 Å². The van der Waals surface area contributed by atoms with Crippen molar-refractivity contribution in [3.63, 3.8) is 0 Å². The lowest BCUT2D eigenvalue weighted by molar-refractivity contribution is 0.450. The molecule has 1 aromatic rings. The molecule has 94 valence electrons. The van der Waals surface area contributed by atoms with E-state index in [1.807, 2.05) is 0 Å². The maximum absolute atomic E-state index is 6.11. The first kappa shape index (κ1) is 12.6. The van der Waals surface area contributed by atoms with Crippen molar-refractivity contribution in [2.24, 2.45) is 5.73 Å². The highest BCUT2D eigenvalue weighted by molar-refractivity contribution is 5.43. The molecule has 0 spiro atoms. The van der Waals surface area contributed by atoms with Crippen LogP contribution in [0.3, 0.4) is 0 Å². The Hall–Kier alpha value is -0.820. The zero-order chi connectivity index (χ0) is 12.5. The lowest BCUT2D eigenvalue weighted by atomic mass is 9.75. The van der Waals surface area contributed by atoms with Gasteiger partial charge in [0.1, 0.15) is 0 Å². The second-order valence-corrected chi connectivity index (χ2v) is 5.63. The Morgan fingerprint density at radius 2 is 1.82 bits per heavy atom. The third-order valence-corrected chi connectivity index (χ3v) is 4.66. The maximum Gasteiger partial charge on any atom is 0.00783 e. The molecule has 17 heavy (non-hydrogen) atoms. The molecule has 0 radical (unpaired) electrons. The molecule has 1 aliphatic rings. The molecule has 0 bridgehead atoms. The van der Waals surface area contributed by atoms with Gasteiger partial charge in [-0.3, -0.25) is 0 Å². The SMILES string of the molecule is CCc1cc(C)c(C)c(C2(CN)CCCC2)c1. The minimum Gasteiger partial charge on any atom is -0.330 e. The van der Waals surface area contributed by atoms with Gasteiger partial charge in [-0.2, -0.15) is 0 Å². The number of hydrogen-bond donors (Lipinski definition) is 1. The van der Waals surface area contributed by atoms with Crippen LogP contribution in [-0.4, -0.2) is 6.54 Å². The van der Waals surface area contributed by atoms with E-state index in [1.165, 1.54) is 47.9 Å². The Labute approximate surface area is 105 Å². The summed E-state index contributed by atoms with van der Waals surface area (Å²) in [4.78, 5) is 0. The van der Waals surface area contributed by atoms with Gasteiger partial charge in [-0.25, -0.2) is 0 Å². The Kier molecular flexibility index (Phi) is 3.58. The molecule has 0 heterocycles. The van der Waals surface area contributed by atoms with Crippen molar-refractivity contribution in [2.75, 3.05) is 6.54 Å². The van der Waals surface area contributed by atoms with E-state index in [2.05, 4.69) is 32.9 Å². The first-order valence-electron chi connectivity index (χ1n) is 6.93. The van der Waals surface area contributed by atoms with E-state index in [-0.39, 0.29) is 5.41 Å². The minimum absolute atomic E-state index is 0.278. The van der Waals surface area contributed by atoms with Crippen molar-refractivity contribution >= 4 is 0 Å². The monoisotopic (exact) mass is 231 g/mol. The molecule has 0 amide bonds. The van der Waals surface area contributed by atoms with Crippen LogP contribution in [0.25, 0.3) is 0 Å². The quantitative estimate of drug-likeness (QED) is 0.844. The first-order valence-corrected chi connectivity index (χ1v) is 6.93. The first-order chi connectivity index (χ1) is 8.13. The Balaban J connectivity index is 2.52. The molecule has 1 aliphatic carbocycles. The average molecular weight is 231 g/mol. The Bertz CT molecular complexity index is 400. The van der Waals surface area contributed by atoms with Gasteiger partial charge >= 0.3 is 0 Å². The van der Waals surface area contributed by atoms with Gasteiger partial charge in [-0.1, -0.05) is 31.9 Å². The lowest BCUT2D eigenvalue weighted by Crippen LogP contribution is -2.33. The second kappa shape index (κ2) is 4.81. The predicted octanol–water partition coefficient (Wildman–Crippen LogP) is 3.64. The molecule has 0 unspecified atom stereocenters. The number of hydrogen-bond acceptors (Lipinski definition) is 1. The minimum atomic E-state index is 0.278. The van der Waals surface area contributed by atoms with Gasteiger partial charge in [-0.05, 0) is 55.4 Å². The van der Waals surface area contributed by atoms with Gasteiger partial charge in [0.15, 0.2) is 0 Å². The van der Waals surface area contributed by atoms with Crippen molar-refractivity contribution in [3.05, 3.63) is 34.4 Å². The second-order valence-electron chi connectivity index (χ2n) is 5.63. The van der Waals surface area contributed by atoms with E-state index in [0.29, 0.717) is 0 Å². The van der Waals surface area contributed by atoms with Crippen LogP contribution in [0, 0.1) is 13.8 Å². The van der Waals surface area contributed by atoms with Gasteiger partial charge in [-0.15, -0.1) is 0 Å². The molecule has 1 aromatic carbocycles. The van der Waals surface area contributed by atoms with Crippen LogP contribution in [0.5, 0.6) is 0 Å². The van der Waals surface area contributed by atoms with Crippen LogP contribution in [-0.2, 0) is 11.8 Å². The van der Waals surface area contributed by atoms with Crippen molar-refractivity contribution < 1.29 is 0 Å². The fourth-order valence-corrected chi connectivity index (χ4v) is 3.32. The normalized spacial score (nSPS) is 18.6. The fourth-order valence-electron chi connectivity index (χ4n) is 3.32. The van der Waals surface area contributed by atoms with Gasteiger partial charge in [0.05, 0.1) is 0 Å². The molecule has 1 heteroatoms. The van der Waals surface area contributed by atoms with Crippen molar-refractivity contribution in [3.8, 4) is 0 Å². The molecule has 0 atom stereocenters. The van der Waals surface area contributed by atoms with Crippen LogP contribution >= 0.6 is 0 Å². The summed E-state index contributed by atoms with van der Waals surface area (Å²) < 4.78 is 0. The maximum atomic E-state index is 6.11. The van der Waals surface area contributed by atoms with E-state index in [0.717, 1.165) is 13.0 Å². The van der Waals surface area contributed by atoms with Crippen LogP contribution in [0.2, 0.25) is 0 Å². The summed E-state index contributed by atoms with van der Waals surface area (Å²) in [6, 6.07) is 4.75. The molecular formula is C16H25N. The molecule has 2 N–H and O–H groups in total. The molecule has 0 aromatic heterocycles. The van der Waals surface area contributed by atoms with Gasteiger partial charge < -0.3 is 5.73 Å². The zero-order valence-corrected chi connectivity index (χ0v) is 11.5. The third kappa shape index (κ3) is 2.13. The number of nitrogens with two attached hydrogens (primary N) is 1. The largest absolute Gasteiger partial charge is 0.330 e. The highest BCUT2D eigenvalue weighted by Crippen LogP contribution is 2.42. The third-order valence-electron chi connectivity index (χ3n) is 4.66. The van der Waals surface area contributed by atoms with E-state index in [1.54, 1.807) is 0 Å². The summed E-state index contributed by atoms with van der Waals surface area (Å²) in [6.07, 6.45) is 6.35. The molecule has 1 nitrogen and oxygen atoms in total. The predicted molar refractivity (Wildman–Crippen MR) is 74.5 cm³/mol. The Morgan fingerprint density at radius 3 is 2.35 bits per heavy atom.